The summed E-state index contributed by atoms with van der Waals surface area (Å²) in [5.41, 5.74) is 0.985. The summed E-state index contributed by atoms with van der Waals surface area (Å²) < 4.78 is 1.43. The molecule has 0 bridgehead atoms. The Hall–Kier alpha value is -2.26. The molecule has 4 rings (SSSR count). The van der Waals surface area contributed by atoms with E-state index in [1.807, 2.05) is 6.92 Å². The maximum atomic E-state index is 13.1. The average Bonchev–Trinajstić information content (AvgIpc) is 3.23. The summed E-state index contributed by atoms with van der Waals surface area (Å²) in [5, 5.41) is 15.6. The van der Waals surface area contributed by atoms with Gasteiger partial charge in [-0.25, -0.2) is 4.98 Å². The average molecular weight is 387 g/mol. The third-order valence-electron chi connectivity index (χ3n) is 5.14. The normalized spacial score (nSPS) is 21.2. The van der Waals surface area contributed by atoms with Crippen molar-refractivity contribution in [2.24, 2.45) is 0 Å². The molecule has 1 aromatic heterocycles. The van der Waals surface area contributed by atoms with Crippen LogP contribution in [0.3, 0.4) is 0 Å². The number of rotatable bonds is 5. The predicted octanol–water partition coefficient (Wildman–Crippen LogP) is 3.09. The highest BCUT2D eigenvalue weighted by Crippen LogP contribution is 2.42. The lowest BCUT2D eigenvalue weighted by atomic mass is 9.98. The molecule has 0 spiro atoms. The topological polar surface area (TPSA) is 94.2 Å². The molecule has 1 aromatic carbocycles. The highest BCUT2D eigenvalue weighted by Gasteiger charge is 2.43. The van der Waals surface area contributed by atoms with Crippen molar-refractivity contribution in [2.45, 2.75) is 49.1 Å². The summed E-state index contributed by atoms with van der Waals surface area (Å²) in [6, 6.07) is 6.44. The van der Waals surface area contributed by atoms with E-state index in [2.05, 4.69) is 15.0 Å². The van der Waals surface area contributed by atoms with Crippen LogP contribution < -0.4 is 0 Å². The largest absolute Gasteiger partial charge is 0.295 e. The zero-order valence-electron chi connectivity index (χ0n) is 15.1. The number of aryl methyl sites for hydroxylation is 1. The van der Waals surface area contributed by atoms with Gasteiger partial charge in [0.2, 0.25) is 0 Å². The van der Waals surface area contributed by atoms with Gasteiger partial charge in [0.25, 0.3) is 11.6 Å². The Kier molecular flexibility index (Phi) is 4.96. The number of nitro benzene ring substituents is 1. The van der Waals surface area contributed by atoms with Crippen molar-refractivity contribution >= 4 is 23.4 Å². The molecule has 2 unspecified atom stereocenters. The molecule has 2 aliphatic rings. The molecular formula is C18H21N5O3S. The van der Waals surface area contributed by atoms with Gasteiger partial charge < -0.3 is 0 Å². The summed E-state index contributed by atoms with van der Waals surface area (Å²) >= 11 is 1.45. The van der Waals surface area contributed by atoms with Crippen LogP contribution in [0, 0.1) is 10.1 Å². The molecule has 1 fully saturated rings. The van der Waals surface area contributed by atoms with E-state index >= 15 is 0 Å². The maximum Gasteiger partial charge on any atom is 0.269 e. The van der Waals surface area contributed by atoms with Gasteiger partial charge in [0.1, 0.15) is 5.25 Å². The molecule has 3 heterocycles. The van der Waals surface area contributed by atoms with Crippen molar-refractivity contribution in [3.8, 4) is 0 Å². The number of non-ortho nitro benzene ring substituents is 1. The molecule has 142 valence electrons. The van der Waals surface area contributed by atoms with Gasteiger partial charge in [0.05, 0.1) is 11.0 Å². The standard InChI is InChI=1S/C18H21N5O3S/c1-2-14-19-18-22(20-14)17(24)16(27-18)15(21-10-4-3-5-11-21)12-6-8-13(9-7-12)23(25)26/h6-9,15-16H,2-5,10-11H2,1H3. The van der Waals surface area contributed by atoms with Crippen molar-refractivity contribution in [1.29, 1.82) is 0 Å². The van der Waals surface area contributed by atoms with E-state index in [-0.39, 0.29) is 22.9 Å². The van der Waals surface area contributed by atoms with Crippen LogP contribution in [-0.4, -0.2) is 48.8 Å². The first kappa shape index (κ1) is 18.1. The van der Waals surface area contributed by atoms with Gasteiger partial charge in [-0.2, -0.15) is 4.68 Å². The Morgan fingerprint density at radius 1 is 1.26 bits per heavy atom. The molecule has 1 saturated heterocycles. The second-order valence-electron chi connectivity index (χ2n) is 6.84. The SMILES string of the molecule is CCc1nc2n(n1)C(=O)C(C(c1ccc([N+](=O)[O-])cc1)N1CCCCC1)S2. The number of carbonyl (C=O) groups excluding carboxylic acids is 1. The van der Waals surface area contributed by atoms with E-state index in [1.165, 1.54) is 35.0 Å². The quantitative estimate of drug-likeness (QED) is 0.575. The number of hydrogen-bond donors (Lipinski definition) is 0. The van der Waals surface area contributed by atoms with Gasteiger partial charge in [-0.3, -0.25) is 19.8 Å². The molecule has 2 atom stereocenters. The number of nitrogens with zero attached hydrogens (tertiary/aromatic N) is 5. The highest BCUT2D eigenvalue weighted by molar-refractivity contribution is 8.00. The number of thioether (sulfide) groups is 1. The molecular weight excluding hydrogens is 366 g/mol. The van der Waals surface area contributed by atoms with E-state index in [4.69, 9.17) is 0 Å². The van der Waals surface area contributed by atoms with Crippen LogP contribution in [0.5, 0.6) is 0 Å². The molecule has 9 heteroatoms. The molecule has 27 heavy (non-hydrogen) atoms. The van der Waals surface area contributed by atoms with Gasteiger partial charge in [0, 0.05) is 18.6 Å². The Balaban J connectivity index is 1.67. The number of benzene rings is 1. The van der Waals surface area contributed by atoms with Crippen LogP contribution in [-0.2, 0) is 6.42 Å². The number of piperidine rings is 1. The van der Waals surface area contributed by atoms with Gasteiger partial charge >= 0.3 is 0 Å². The van der Waals surface area contributed by atoms with Gasteiger partial charge in [-0.15, -0.1) is 5.10 Å². The maximum absolute atomic E-state index is 13.1. The summed E-state index contributed by atoms with van der Waals surface area (Å²) in [6.45, 7) is 3.80. The molecule has 8 nitrogen and oxygen atoms in total. The summed E-state index contributed by atoms with van der Waals surface area (Å²) in [5.74, 6) is 0.616. The third-order valence-corrected chi connectivity index (χ3v) is 6.33. The van der Waals surface area contributed by atoms with E-state index in [9.17, 15) is 14.9 Å². The Morgan fingerprint density at radius 2 is 1.96 bits per heavy atom. The van der Waals surface area contributed by atoms with Crippen LogP contribution in [0.25, 0.3) is 0 Å². The summed E-state index contributed by atoms with van der Waals surface area (Å²) in [4.78, 5) is 30.4. The molecule has 0 N–H and O–H groups in total. The van der Waals surface area contributed by atoms with E-state index in [1.54, 1.807) is 12.1 Å². The molecule has 2 aromatic rings. The monoisotopic (exact) mass is 387 g/mol. The third kappa shape index (κ3) is 3.37. The number of nitro groups is 1. The van der Waals surface area contributed by atoms with Crippen molar-refractivity contribution < 1.29 is 9.72 Å². The zero-order valence-corrected chi connectivity index (χ0v) is 15.9. The van der Waals surface area contributed by atoms with Gasteiger partial charge in [0.15, 0.2) is 11.0 Å². The lowest BCUT2D eigenvalue weighted by molar-refractivity contribution is -0.384. The first-order chi connectivity index (χ1) is 13.1. The molecule has 0 amide bonds. The van der Waals surface area contributed by atoms with Crippen molar-refractivity contribution in [3.05, 3.63) is 45.8 Å². The van der Waals surface area contributed by atoms with E-state index < -0.39 is 4.92 Å². The first-order valence-corrected chi connectivity index (χ1v) is 10.1. The van der Waals surface area contributed by atoms with Crippen molar-refractivity contribution in [3.63, 3.8) is 0 Å². The zero-order chi connectivity index (χ0) is 19.0. The predicted molar refractivity (Wildman–Crippen MR) is 101 cm³/mol. The first-order valence-electron chi connectivity index (χ1n) is 9.23. The fourth-order valence-electron chi connectivity index (χ4n) is 3.76. The Bertz CT molecular complexity index is 860. The number of likely N-dealkylation sites (tertiary alicyclic amines) is 1. The minimum Gasteiger partial charge on any atom is -0.295 e. The van der Waals surface area contributed by atoms with Crippen molar-refractivity contribution in [2.75, 3.05) is 13.1 Å². The lowest BCUT2D eigenvalue weighted by Crippen LogP contribution is -2.41. The van der Waals surface area contributed by atoms with Gasteiger partial charge in [-0.05, 0) is 31.5 Å². The minimum atomic E-state index is -0.402. The number of hydrogen-bond acceptors (Lipinski definition) is 7. The lowest BCUT2D eigenvalue weighted by Gasteiger charge is -2.36. The van der Waals surface area contributed by atoms with E-state index in [0.717, 1.165) is 31.5 Å². The molecule has 0 saturated carbocycles. The van der Waals surface area contributed by atoms with Crippen LogP contribution in [0.1, 0.15) is 48.4 Å². The fourth-order valence-corrected chi connectivity index (χ4v) is 5.03. The second-order valence-corrected chi connectivity index (χ2v) is 7.95. The van der Waals surface area contributed by atoms with Crippen LogP contribution in [0.15, 0.2) is 29.4 Å². The molecule has 0 aliphatic carbocycles. The van der Waals surface area contributed by atoms with Gasteiger partial charge in [-0.1, -0.05) is 37.2 Å². The van der Waals surface area contributed by atoms with E-state index in [0.29, 0.717) is 17.4 Å². The summed E-state index contributed by atoms with van der Waals surface area (Å²) in [6.07, 6.45) is 4.07. The second kappa shape index (κ2) is 7.40. The summed E-state index contributed by atoms with van der Waals surface area (Å²) in [7, 11) is 0. The number of fused-ring (bicyclic) bond motifs is 1. The number of aromatic nitrogens is 3. The Morgan fingerprint density at radius 3 is 2.56 bits per heavy atom. The van der Waals surface area contributed by atoms with Crippen LogP contribution in [0.4, 0.5) is 5.69 Å². The minimum absolute atomic E-state index is 0.0590. The van der Waals surface area contributed by atoms with Crippen LogP contribution in [0.2, 0.25) is 0 Å². The van der Waals surface area contributed by atoms with Crippen LogP contribution >= 0.6 is 11.8 Å². The highest BCUT2D eigenvalue weighted by atomic mass is 32.2. The number of carbonyl (C=O) groups is 1. The molecule has 0 radical (unpaired) electrons. The smallest absolute Gasteiger partial charge is 0.269 e. The van der Waals surface area contributed by atoms with Crippen molar-refractivity contribution in [1.82, 2.24) is 19.7 Å². The fraction of sp³-hybridized carbons (Fsp3) is 0.500. The molecule has 2 aliphatic heterocycles. The Labute approximate surface area is 161 Å².